The Morgan fingerprint density at radius 1 is 0.867 bits per heavy atom. The molecule has 0 saturated heterocycles. The Morgan fingerprint density at radius 2 is 1.51 bits per heavy atom. The Kier molecular flexibility index (Phi) is 11.1. The Labute approximate surface area is 269 Å². The number of sulfonamides is 1. The van der Waals surface area contributed by atoms with Gasteiger partial charge in [-0.05, 0) is 48.4 Å². The zero-order valence-electron chi connectivity index (χ0n) is 25.6. The lowest BCUT2D eigenvalue weighted by molar-refractivity contribution is -0.139. The van der Waals surface area contributed by atoms with E-state index in [2.05, 4.69) is 5.32 Å². The van der Waals surface area contributed by atoms with Crippen LogP contribution in [-0.2, 0) is 32.6 Å². The summed E-state index contributed by atoms with van der Waals surface area (Å²) in [7, 11) is 0.0418. The molecule has 0 spiro atoms. The van der Waals surface area contributed by atoms with Crippen molar-refractivity contribution in [2.24, 2.45) is 0 Å². The molecule has 45 heavy (non-hydrogen) atoms. The van der Waals surface area contributed by atoms with Crippen molar-refractivity contribution >= 4 is 39.1 Å². The highest BCUT2D eigenvalue weighted by Gasteiger charge is 2.35. The van der Waals surface area contributed by atoms with Crippen LogP contribution in [0, 0.1) is 6.92 Å². The maximum atomic E-state index is 14.4. The summed E-state index contributed by atoms with van der Waals surface area (Å²) in [6.07, 6.45) is 0.198. The van der Waals surface area contributed by atoms with Crippen LogP contribution in [0.4, 0.5) is 5.69 Å². The summed E-state index contributed by atoms with van der Waals surface area (Å²) in [6.45, 7) is 1.26. The molecule has 236 valence electrons. The molecule has 0 fully saturated rings. The third-order valence-electron chi connectivity index (χ3n) is 7.36. The van der Waals surface area contributed by atoms with Crippen molar-refractivity contribution in [1.82, 2.24) is 10.2 Å². The van der Waals surface area contributed by atoms with Gasteiger partial charge in [0.05, 0.1) is 24.8 Å². The second kappa shape index (κ2) is 15.0. The zero-order chi connectivity index (χ0) is 32.6. The van der Waals surface area contributed by atoms with Crippen molar-refractivity contribution in [2.75, 3.05) is 32.1 Å². The van der Waals surface area contributed by atoms with Crippen molar-refractivity contribution in [1.29, 1.82) is 0 Å². The van der Waals surface area contributed by atoms with E-state index in [0.29, 0.717) is 16.3 Å². The Balaban J connectivity index is 1.81. The lowest BCUT2D eigenvalue weighted by atomic mass is 10.0. The molecule has 0 aliphatic rings. The van der Waals surface area contributed by atoms with E-state index >= 15 is 0 Å². The zero-order valence-corrected chi connectivity index (χ0v) is 27.1. The van der Waals surface area contributed by atoms with Crippen LogP contribution < -0.4 is 19.1 Å². The number of benzene rings is 4. The topological polar surface area (TPSA) is 105 Å². The molecular weight excluding hydrogens is 614 g/mol. The predicted octanol–water partition coefficient (Wildman–Crippen LogP) is 5.25. The molecule has 2 amide bonds. The van der Waals surface area contributed by atoms with Crippen molar-refractivity contribution < 1.29 is 27.5 Å². The van der Waals surface area contributed by atoms with Crippen LogP contribution in [0.25, 0.3) is 0 Å². The van der Waals surface area contributed by atoms with Gasteiger partial charge in [-0.2, -0.15) is 0 Å². The minimum absolute atomic E-state index is 0.0262. The number of ether oxygens (including phenoxy) is 2. The summed E-state index contributed by atoms with van der Waals surface area (Å²) in [5.41, 5.74) is 2.63. The number of methoxy groups -OCH3 is 2. The number of nitrogens with one attached hydrogen (secondary N) is 1. The number of nitrogens with zero attached hydrogens (tertiary/aromatic N) is 2. The summed E-state index contributed by atoms with van der Waals surface area (Å²) in [5.74, 6) is -0.417. The molecule has 9 nitrogen and oxygen atoms in total. The maximum Gasteiger partial charge on any atom is 0.264 e. The van der Waals surface area contributed by atoms with Crippen molar-refractivity contribution in [3.8, 4) is 11.5 Å². The third-order valence-corrected chi connectivity index (χ3v) is 9.50. The highest BCUT2D eigenvalue weighted by Crippen LogP contribution is 2.32. The summed E-state index contributed by atoms with van der Waals surface area (Å²) in [5, 5.41) is 3.08. The van der Waals surface area contributed by atoms with Crippen LogP contribution in [0.2, 0.25) is 5.02 Å². The second-order valence-corrected chi connectivity index (χ2v) is 12.6. The van der Waals surface area contributed by atoms with Crippen LogP contribution >= 0.6 is 11.6 Å². The van der Waals surface area contributed by atoms with Gasteiger partial charge >= 0.3 is 0 Å². The highest BCUT2D eigenvalue weighted by atomic mass is 35.5. The van der Waals surface area contributed by atoms with E-state index in [4.69, 9.17) is 21.1 Å². The van der Waals surface area contributed by atoms with Crippen molar-refractivity contribution in [3.63, 3.8) is 0 Å². The molecule has 4 aromatic carbocycles. The van der Waals surface area contributed by atoms with Gasteiger partial charge in [-0.1, -0.05) is 77.8 Å². The number of aryl methyl sites for hydroxylation is 1. The number of likely N-dealkylation sites (N-methyl/N-ethyl adjacent to an activating group) is 1. The SMILES string of the molecule is CNC(=O)C(Cc1ccccc1)N(Cc1ccccc1Cl)C(=O)CN(c1ccc(C)cc1)S(=O)(=O)c1ccc(OC)c(OC)c1. The van der Waals surface area contributed by atoms with E-state index in [1.165, 1.54) is 44.4 Å². The first-order valence-corrected chi connectivity index (χ1v) is 16.0. The quantitative estimate of drug-likeness (QED) is 0.212. The first-order chi connectivity index (χ1) is 21.6. The van der Waals surface area contributed by atoms with Gasteiger partial charge in [-0.3, -0.25) is 13.9 Å². The fourth-order valence-corrected chi connectivity index (χ4v) is 6.50. The molecule has 0 heterocycles. The van der Waals surface area contributed by atoms with Crippen molar-refractivity contribution in [2.45, 2.75) is 30.8 Å². The number of hydrogen-bond acceptors (Lipinski definition) is 6. The van der Waals surface area contributed by atoms with Crippen LogP contribution in [0.1, 0.15) is 16.7 Å². The number of amides is 2. The number of carbonyl (C=O) groups is 2. The number of hydrogen-bond donors (Lipinski definition) is 1. The highest BCUT2D eigenvalue weighted by molar-refractivity contribution is 7.92. The predicted molar refractivity (Wildman–Crippen MR) is 175 cm³/mol. The molecule has 4 aromatic rings. The molecule has 0 aliphatic heterocycles. The minimum Gasteiger partial charge on any atom is -0.493 e. The van der Waals surface area contributed by atoms with Crippen LogP contribution in [-0.4, -0.2) is 59.0 Å². The first-order valence-electron chi connectivity index (χ1n) is 14.2. The fourth-order valence-electron chi connectivity index (χ4n) is 4.87. The maximum absolute atomic E-state index is 14.4. The van der Waals surface area contributed by atoms with Gasteiger partial charge in [0.15, 0.2) is 11.5 Å². The molecule has 0 bridgehead atoms. The molecule has 1 N–H and O–H groups in total. The lowest BCUT2D eigenvalue weighted by Crippen LogP contribution is -2.53. The molecule has 1 atom stereocenters. The smallest absolute Gasteiger partial charge is 0.264 e. The summed E-state index contributed by atoms with van der Waals surface area (Å²) >= 11 is 6.51. The van der Waals surface area contributed by atoms with E-state index in [1.54, 1.807) is 48.5 Å². The molecule has 11 heteroatoms. The van der Waals surface area contributed by atoms with Crippen LogP contribution in [0.5, 0.6) is 11.5 Å². The normalized spacial score (nSPS) is 11.8. The minimum atomic E-state index is -4.32. The largest absolute Gasteiger partial charge is 0.493 e. The van der Waals surface area contributed by atoms with Gasteiger partial charge in [0.2, 0.25) is 11.8 Å². The molecule has 0 aliphatic carbocycles. The second-order valence-electron chi connectivity index (χ2n) is 10.3. The monoisotopic (exact) mass is 649 g/mol. The van der Waals surface area contributed by atoms with Gasteiger partial charge in [0.25, 0.3) is 10.0 Å². The Bertz CT molecular complexity index is 1730. The first kappa shape index (κ1) is 33.4. The van der Waals surface area contributed by atoms with E-state index < -0.39 is 34.4 Å². The summed E-state index contributed by atoms with van der Waals surface area (Å²) in [4.78, 5) is 29.1. The Morgan fingerprint density at radius 3 is 2.13 bits per heavy atom. The van der Waals surface area contributed by atoms with Gasteiger partial charge in [-0.15, -0.1) is 0 Å². The standard InChI is InChI=1S/C34H36ClN3O6S/c1-24-14-16-27(17-15-24)38(45(41,42)28-18-19-31(43-3)32(21-28)44-4)23-33(39)37(22-26-12-8-9-13-29(26)35)30(34(40)36-2)20-25-10-6-5-7-11-25/h5-19,21,30H,20,22-23H2,1-4H3,(H,36,40). The molecular formula is C34H36ClN3O6S. The summed E-state index contributed by atoms with van der Waals surface area (Å²) in [6, 6.07) is 26.4. The van der Waals surface area contributed by atoms with Gasteiger partial charge < -0.3 is 19.7 Å². The molecule has 1 unspecified atom stereocenters. The molecule has 0 radical (unpaired) electrons. The van der Waals surface area contributed by atoms with Gasteiger partial charge in [0.1, 0.15) is 12.6 Å². The van der Waals surface area contributed by atoms with Crippen LogP contribution in [0.15, 0.2) is 102 Å². The number of anilines is 1. The fraction of sp³-hybridized carbons (Fsp3) is 0.235. The van der Waals surface area contributed by atoms with Gasteiger partial charge in [0, 0.05) is 31.1 Å². The number of rotatable bonds is 13. The number of halogens is 1. The Hall–Kier alpha value is -4.54. The molecule has 4 rings (SSSR count). The van der Waals surface area contributed by atoms with E-state index in [-0.39, 0.29) is 29.3 Å². The number of carbonyl (C=O) groups excluding carboxylic acids is 2. The lowest BCUT2D eigenvalue weighted by Gasteiger charge is -2.33. The van der Waals surface area contributed by atoms with Gasteiger partial charge in [-0.25, -0.2) is 8.42 Å². The molecule has 0 aromatic heterocycles. The third kappa shape index (κ3) is 7.95. The average Bonchev–Trinajstić information content (AvgIpc) is 3.06. The van der Waals surface area contributed by atoms with E-state index in [0.717, 1.165) is 15.4 Å². The van der Waals surface area contributed by atoms with Crippen molar-refractivity contribution in [3.05, 3.63) is 119 Å². The summed E-state index contributed by atoms with van der Waals surface area (Å²) < 4.78 is 40.2. The average molecular weight is 650 g/mol. The molecule has 0 saturated carbocycles. The van der Waals surface area contributed by atoms with Crippen LogP contribution in [0.3, 0.4) is 0 Å². The van der Waals surface area contributed by atoms with E-state index in [9.17, 15) is 18.0 Å². The van der Waals surface area contributed by atoms with E-state index in [1.807, 2.05) is 37.3 Å².